The first kappa shape index (κ1) is 12.7. The van der Waals surface area contributed by atoms with Crippen molar-refractivity contribution in [3.05, 3.63) is 29.3 Å². The largest absolute Gasteiger partial charge is 0.384 e. The smallest absolute Gasteiger partial charge is 0.227 e. The lowest BCUT2D eigenvalue weighted by Gasteiger charge is -2.27. The van der Waals surface area contributed by atoms with Crippen molar-refractivity contribution in [1.82, 2.24) is 0 Å². The van der Waals surface area contributed by atoms with E-state index >= 15 is 0 Å². The number of nitrogens with zero attached hydrogens (tertiary/aromatic N) is 1. The quantitative estimate of drug-likeness (QED) is 0.765. The third kappa shape index (κ3) is 2.72. The molecule has 1 aromatic rings. The second-order valence-corrected chi connectivity index (χ2v) is 4.48. The Labute approximate surface area is 107 Å². The molecule has 0 radical (unpaired) electrons. The van der Waals surface area contributed by atoms with Crippen LogP contribution in [0.1, 0.15) is 30.4 Å². The predicted molar refractivity (Wildman–Crippen MR) is 71.3 cm³/mol. The lowest BCUT2D eigenvalue weighted by Crippen LogP contribution is -2.35. The fourth-order valence-electron chi connectivity index (χ4n) is 2.18. The zero-order valence-electron chi connectivity index (χ0n) is 10.6. The number of hydrogen-bond acceptors (Lipinski definition) is 2. The first-order valence-corrected chi connectivity index (χ1v) is 6.23. The molecule has 1 aliphatic heterocycles. The van der Waals surface area contributed by atoms with E-state index in [2.05, 4.69) is 11.8 Å². The average Bonchev–Trinajstić information content (AvgIpc) is 2.37. The van der Waals surface area contributed by atoms with Gasteiger partial charge in [0.05, 0.1) is 5.69 Å². The van der Waals surface area contributed by atoms with E-state index < -0.39 is 0 Å². The van der Waals surface area contributed by atoms with Gasteiger partial charge in [0.1, 0.15) is 6.61 Å². The van der Waals surface area contributed by atoms with Gasteiger partial charge in [-0.2, -0.15) is 0 Å². The predicted octanol–water partition coefficient (Wildman–Crippen LogP) is 1.86. The van der Waals surface area contributed by atoms with Crippen LogP contribution >= 0.6 is 0 Å². The van der Waals surface area contributed by atoms with Crippen LogP contribution in [0.4, 0.5) is 5.69 Å². The van der Waals surface area contributed by atoms with Crippen molar-refractivity contribution in [3.63, 3.8) is 0 Å². The van der Waals surface area contributed by atoms with E-state index in [0.29, 0.717) is 6.42 Å². The minimum absolute atomic E-state index is 0.164. The minimum Gasteiger partial charge on any atom is -0.384 e. The Morgan fingerprint density at radius 2 is 2.22 bits per heavy atom. The maximum absolute atomic E-state index is 11.9. The van der Waals surface area contributed by atoms with Gasteiger partial charge in [-0.05, 0) is 37.5 Å². The van der Waals surface area contributed by atoms with Gasteiger partial charge in [0.25, 0.3) is 0 Å². The molecule has 0 bridgehead atoms. The number of aliphatic hydroxyl groups is 1. The molecule has 94 valence electrons. The Morgan fingerprint density at radius 3 is 2.94 bits per heavy atom. The molecule has 0 saturated carbocycles. The summed E-state index contributed by atoms with van der Waals surface area (Å²) in [5, 5.41) is 8.80. The third-order valence-corrected chi connectivity index (χ3v) is 3.07. The van der Waals surface area contributed by atoms with Gasteiger partial charge in [0.2, 0.25) is 5.91 Å². The lowest BCUT2D eigenvalue weighted by atomic mass is 10.0. The van der Waals surface area contributed by atoms with Crippen molar-refractivity contribution in [2.75, 3.05) is 18.1 Å². The van der Waals surface area contributed by atoms with Crippen molar-refractivity contribution in [1.29, 1.82) is 0 Å². The summed E-state index contributed by atoms with van der Waals surface area (Å²) in [6.07, 6.45) is 2.62. The number of rotatable bonds is 1. The SMILES string of the molecule is Cc1ccc(N2CCCCC2=O)c(C#CCO)c1. The first-order valence-electron chi connectivity index (χ1n) is 6.23. The molecule has 1 fully saturated rings. The highest BCUT2D eigenvalue weighted by atomic mass is 16.2. The highest BCUT2D eigenvalue weighted by Crippen LogP contribution is 2.25. The average molecular weight is 243 g/mol. The number of piperidine rings is 1. The van der Waals surface area contributed by atoms with Crippen molar-refractivity contribution in [3.8, 4) is 11.8 Å². The summed E-state index contributed by atoms with van der Waals surface area (Å²) in [4.78, 5) is 13.7. The van der Waals surface area contributed by atoms with Crippen molar-refractivity contribution < 1.29 is 9.90 Å². The maximum Gasteiger partial charge on any atom is 0.227 e. The lowest BCUT2D eigenvalue weighted by molar-refractivity contribution is -0.119. The molecule has 0 unspecified atom stereocenters. The number of aryl methyl sites for hydroxylation is 1. The first-order chi connectivity index (χ1) is 8.72. The summed E-state index contributed by atoms with van der Waals surface area (Å²) in [5.74, 6) is 5.75. The van der Waals surface area contributed by atoms with Gasteiger partial charge in [-0.3, -0.25) is 4.79 Å². The summed E-state index contributed by atoms with van der Waals surface area (Å²) >= 11 is 0. The minimum atomic E-state index is -0.165. The standard InChI is InChI=1S/C15H17NO2/c1-12-7-8-14(13(11-12)5-4-10-17)16-9-3-2-6-15(16)18/h7-8,11,17H,2-3,6,9-10H2,1H3. The molecular formula is C15H17NO2. The van der Waals surface area contributed by atoms with Crippen LogP contribution in [0.5, 0.6) is 0 Å². The number of anilines is 1. The number of carbonyl (C=O) groups is 1. The highest BCUT2D eigenvalue weighted by Gasteiger charge is 2.21. The van der Waals surface area contributed by atoms with Crippen LogP contribution in [0.25, 0.3) is 0 Å². The second-order valence-electron chi connectivity index (χ2n) is 4.48. The van der Waals surface area contributed by atoms with Gasteiger partial charge in [-0.1, -0.05) is 17.9 Å². The van der Waals surface area contributed by atoms with Gasteiger partial charge < -0.3 is 10.0 Å². The van der Waals surface area contributed by atoms with Gasteiger partial charge in [0.15, 0.2) is 0 Å². The Bertz CT molecular complexity index is 511. The molecule has 18 heavy (non-hydrogen) atoms. The topological polar surface area (TPSA) is 40.5 Å². The van der Waals surface area contributed by atoms with Crippen LogP contribution in [0.2, 0.25) is 0 Å². The Kier molecular flexibility index (Phi) is 4.01. The number of carbonyl (C=O) groups excluding carboxylic acids is 1. The number of hydrogen-bond donors (Lipinski definition) is 1. The summed E-state index contributed by atoms with van der Waals surface area (Å²) in [6, 6.07) is 5.89. The number of benzene rings is 1. The van der Waals surface area contributed by atoms with E-state index in [0.717, 1.165) is 36.2 Å². The van der Waals surface area contributed by atoms with E-state index in [-0.39, 0.29) is 12.5 Å². The molecule has 0 atom stereocenters. The fourth-order valence-corrected chi connectivity index (χ4v) is 2.18. The Balaban J connectivity index is 2.39. The van der Waals surface area contributed by atoms with E-state index in [9.17, 15) is 4.79 Å². The normalized spacial score (nSPS) is 15.2. The van der Waals surface area contributed by atoms with Crippen molar-refractivity contribution in [2.24, 2.45) is 0 Å². The van der Waals surface area contributed by atoms with Crippen molar-refractivity contribution >= 4 is 11.6 Å². The number of aliphatic hydroxyl groups excluding tert-OH is 1. The van der Waals surface area contributed by atoms with Gasteiger partial charge in [-0.15, -0.1) is 0 Å². The van der Waals surface area contributed by atoms with Crippen LogP contribution in [-0.4, -0.2) is 24.2 Å². The summed E-state index contributed by atoms with van der Waals surface area (Å²) in [6.45, 7) is 2.59. The molecule has 1 saturated heterocycles. The molecule has 3 heteroatoms. The van der Waals surface area contributed by atoms with E-state index in [1.165, 1.54) is 0 Å². The monoisotopic (exact) mass is 243 g/mol. The van der Waals surface area contributed by atoms with Crippen molar-refractivity contribution in [2.45, 2.75) is 26.2 Å². The molecule has 1 aromatic carbocycles. The third-order valence-electron chi connectivity index (χ3n) is 3.07. The highest BCUT2D eigenvalue weighted by molar-refractivity contribution is 5.95. The van der Waals surface area contributed by atoms with E-state index in [1.807, 2.05) is 30.0 Å². The second kappa shape index (κ2) is 5.70. The van der Waals surface area contributed by atoms with Crippen LogP contribution in [0.3, 0.4) is 0 Å². The Hall–Kier alpha value is -1.79. The van der Waals surface area contributed by atoms with E-state index in [4.69, 9.17) is 5.11 Å². The molecule has 3 nitrogen and oxygen atoms in total. The molecule has 1 aliphatic rings. The van der Waals surface area contributed by atoms with E-state index in [1.54, 1.807) is 0 Å². The van der Waals surface area contributed by atoms with Gasteiger partial charge >= 0.3 is 0 Å². The van der Waals surface area contributed by atoms with Gasteiger partial charge in [0, 0.05) is 18.5 Å². The summed E-state index contributed by atoms with van der Waals surface area (Å²) in [7, 11) is 0. The molecular weight excluding hydrogens is 226 g/mol. The summed E-state index contributed by atoms with van der Waals surface area (Å²) < 4.78 is 0. The maximum atomic E-state index is 11.9. The number of amides is 1. The van der Waals surface area contributed by atoms with Crippen LogP contribution in [0.15, 0.2) is 18.2 Å². The molecule has 1 heterocycles. The molecule has 2 rings (SSSR count). The fraction of sp³-hybridized carbons (Fsp3) is 0.400. The molecule has 1 amide bonds. The van der Waals surface area contributed by atoms with Crippen LogP contribution in [0, 0.1) is 18.8 Å². The molecule has 1 N–H and O–H groups in total. The molecule has 0 aromatic heterocycles. The van der Waals surface area contributed by atoms with Crippen LogP contribution in [-0.2, 0) is 4.79 Å². The summed E-state index contributed by atoms with van der Waals surface area (Å²) in [5.41, 5.74) is 2.79. The molecule has 0 aliphatic carbocycles. The Morgan fingerprint density at radius 1 is 1.39 bits per heavy atom. The van der Waals surface area contributed by atoms with Gasteiger partial charge in [-0.25, -0.2) is 0 Å². The zero-order chi connectivity index (χ0) is 13.0. The molecule has 0 spiro atoms. The van der Waals surface area contributed by atoms with Crippen LogP contribution < -0.4 is 4.90 Å². The zero-order valence-corrected chi connectivity index (χ0v) is 10.6.